The standard InChI is InChI=1S/C15H16Cl3N3O/c1-9(2)13(22)21-14(15(16,17)18)20-11-7-3-5-10-6-4-8-19-12(10)11/h3-9,14,20H,1-2H3,(H,21,22)/t14-/m1/s1. The minimum atomic E-state index is -1.71. The Bertz CT molecular complexity index is 665. The molecule has 0 radical (unpaired) electrons. The summed E-state index contributed by atoms with van der Waals surface area (Å²) < 4.78 is -1.71. The molecular formula is C15H16Cl3N3O. The number of amides is 1. The molecule has 2 N–H and O–H groups in total. The van der Waals surface area contributed by atoms with Crippen molar-refractivity contribution in [3.05, 3.63) is 36.5 Å². The second-order valence-electron chi connectivity index (χ2n) is 5.16. The first-order valence-corrected chi connectivity index (χ1v) is 7.90. The number of aromatic nitrogens is 1. The van der Waals surface area contributed by atoms with Gasteiger partial charge in [0.05, 0.1) is 11.2 Å². The summed E-state index contributed by atoms with van der Waals surface area (Å²) in [6.45, 7) is 3.54. The van der Waals surface area contributed by atoms with Crippen LogP contribution in [-0.4, -0.2) is 20.8 Å². The van der Waals surface area contributed by atoms with E-state index in [9.17, 15) is 4.79 Å². The Morgan fingerprint density at radius 1 is 1.18 bits per heavy atom. The van der Waals surface area contributed by atoms with Gasteiger partial charge in [-0.2, -0.15) is 0 Å². The van der Waals surface area contributed by atoms with Crippen molar-refractivity contribution in [1.29, 1.82) is 0 Å². The van der Waals surface area contributed by atoms with Gasteiger partial charge in [0.15, 0.2) is 0 Å². The van der Waals surface area contributed by atoms with Crippen molar-refractivity contribution < 1.29 is 4.79 Å². The van der Waals surface area contributed by atoms with Gasteiger partial charge >= 0.3 is 0 Å². The normalized spacial score (nSPS) is 13.2. The number of alkyl halides is 3. The van der Waals surface area contributed by atoms with Crippen molar-refractivity contribution in [2.24, 2.45) is 5.92 Å². The Labute approximate surface area is 144 Å². The van der Waals surface area contributed by atoms with Crippen LogP contribution in [0.5, 0.6) is 0 Å². The van der Waals surface area contributed by atoms with Crippen LogP contribution in [0.2, 0.25) is 0 Å². The number of nitrogens with zero attached hydrogens (tertiary/aromatic N) is 1. The fourth-order valence-corrected chi connectivity index (χ4v) is 2.21. The highest BCUT2D eigenvalue weighted by atomic mass is 35.6. The lowest BCUT2D eigenvalue weighted by molar-refractivity contribution is -0.124. The van der Waals surface area contributed by atoms with Crippen molar-refractivity contribution in [2.45, 2.75) is 23.8 Å². The van der Waals surface area contributed by atoms with Gasteiger partial charge in [0, 0.05) is 17.5 Å². The summed E-state index contributed by atoms with van der Waals surface area (Å²) in [5, 5.41) is 6.70. The van der Waals surface area contributed by atoms with Crippen LogP contribution in [0.3, 0.4) is 0 Å². The quantitative estimate of drug-likeness (QED) is 0.637. The lowest BCUT2D eigenvalue weighted by Gasteiger charge is -2.28. The second kappa shape index (κ2) is 6.90. The summed E-state index contributed by atoms with van der Waals surface area (Å²) in [6.07, 6.45) is 0.810. The monoisotopic (exact) mass is 359 g/mol. The molecule has 1 heterocycles. The Balaban J connectivity index is 2.31. The number of carbonyl (C=O) groups excluding carboxylic acids is 1. The van der Waals surface area contributed by atoms with Gasteiger partial charge in [-0.1, -0.05) is 66.8 Å². The molecule has 0 spiro atoms. The fourth-order valence-electron chi connectivity index (χ4n) is 1.88. The molecule has 0 bridgehead atoms. The van der Waals surface area contributed by atoms with Crippen LogP contribution < -0.4 is 10.6 Å². The van der Waals surface area contributed by atoms with Crippen LogP contribution in [-0.2, 0) is 4.79 Å². The zero-order valence-corrected chi connectivity index (χ0v) is 14.4. The van der Waals surface area contributed by atoms with Gasteiger partial charge in [0.2, 0.25) is 9.70 Å². The van der Waals surface area contributed by atoms with Gasteiger partial charge in [-0.3, -0.25) is 9.78 Å². The Hall–Kier alpha value is -1.23. The lowest BCUT2D eigenvalue weighted by atomic mass is 10.2. The molecule has 1 amide bonds. The molecule has 0 aliphatic heterocycles. The van der Waals surface area contributed by atoms with Gasteiger partial charge in [0.1, 0.15) is 6.17 Å². The number of rotatable bonds is 4. The maximum Gasteiger partial charge on any atom is 0.228 e. The van der Waals surface area contributed by atoms with Crippen LogP contribution in [0.4, 0.5) is 5.69 Å². The number of fused-ring (bicyclic) bond motifs is 1. The smallest absolute Gasteiger partial charge is 0.228 e. The van der Waals surface area contributed by atoms with E-state index in [-0.39, 0.29) is 11.8 Å². The number of hydrogen-bond acceptors (Lipinski definition) is 3. The summed E-state index contributed by atoms with van der Waals surface area (Å²) in [5.74, 6) is -0.431. The Morgan fingerprint density at radius 2 is 1.86 bits per heavy atom. The van der Waals surface area contributed by atoms with Crippen molar-refractivity contribution in [2.75, 3.05) is 5.32 Å². The van der Waals surface area contributed by atoms with Crippen LogP contribution in [0.1, 0.15) is 13.8 Å². The van der Waals surface area contributed by atoms with Crippen molar-refractivity contribution in [3.8, 4) is 0 Å². The number of nitrogens with one attached hydrogen (secondary N) is 2. The van der Waals surface area contributed by atoms with E-state index < -0.39 is 9.96 Å². The Kier molecular flexibility index (Phi) is 5.37. The molecular weight excluding hydrogens is 345 g/mol. The number of benzene rings is 1. The van der Waals surface area contributed by atoms with E-state index in [1.807, 2.05) is 30.3 Å². The highest BCUT2D eigenvalue weighted by molar-refractivity contribution is 6.68. The van der Waals surface area contributed by atoms with Gasteiger partial charge < -0.3 is 10.6 Å². The van der Waals surface area contributed by atoms with Crippen molar-refractivity contribution in [1.82, 2.24) is 10.3 Å². The third kappa shape index (κ3) is 4.15. The third-order valence-electron chi connectivity index (χ3n) is 3.07. The molecule has 2 aromatic rings. The number of anilines is 1. The third-order valence-corrected chi connectivity index (χ3v) is 3.73. The molecule has 4 nitrogen and oxygen atoms in total. The average Bonchev–Trinajstić information content (AvgIpc) is 2.45. The predicted molar refractivity (Wildman–Crippen MR) is 92.4 cm³/mol. The minimum Gasteiger partial charge on any atom is -0.360 e. The lowest BCUT2D eigenvalue weighted by Crippen LogP contribution is -2.50. The molecule has 118 valence electrons. The Morgan fingerprint density at radius 3 is 2.50 bits per heavy atom. The van der Waals surface area contributed by atoms with Crippen LogP contribution in [0, 0.1) is 5.92 Å². The zero-order chi connectivity index (χ0) is 16.3. The molecule has 0 aliphatic rings. The van der Waals surface area contributed by atoms with Crippen molar-refractivity contribution in [3.63, 3.8) is 0 Å². The van der Waals surface area contributed by atoms with Crippen LogP contribution >= 0.6 is 34.8 Å². The topological polar surface area (TPSA) is 54.0 Å². The molecule has 1 aromatic heterocycles. The first-order valence-electron chi connectivity index (χ1n) is 6.76. The number of carbonyl (C=O) groups is 1. The highest BCUT2D eigenvalue weighted by Gasteiger charge is 2.34. The molecule has 0 saturated heterocycles. The molecule has 7 heteroatoms. The van der Waals surface area contributed by atoms with E-state index in [2.05, 4.69) is 15.6 Å². The van der Waals surface area contributed by atoms with Gasteiger partial charge in [-0.25, -0.2) is 0 Å². The first kappa shape index (κ1) is 17.1. The van der Waals surface area contributed by atoms with E-state index in [1.165, 1.54) is 0 Å². The maximum absolute atomic E-state index is 11.9. The van der Waals surface area contributed by atoms with Gasteiger partial charge in [-0.05, 0) is 12.1 Å². The minimum absolute atomic E-state index is 0.211. The summed E-state index contributed by atoms with van der Waals surface area (Å²) >= 11 is 17.9. The summed E-state index contributed by atoms with van der Waals surface area (Å²) in [5.41, 5.74) is 1.42. The molecule has 1 atom stereocenters. The van der Waals surface area contributed by atoms with Gasteiger partial charge in [0.25, 0.3) is 0 Å². The van der Waals surface area contributed by atoms with E-state index in [0.717, 1.165) is 10.9 Å². The van der Waals surface area contributed by atoms with Crippen LogP contribution in [0.15, 0.2) is 36.5 Å². The second-order valence-corrected chi connectivity index (χ2v) is 7.53. The number of pyridine rings is 1. The van der Waals surface area contributed by atoms with Gasteiger partial charge in [-0.15, -0.1) is 0 Å². The van der Waals surface area contributed by atoms with E-state index in [4.69, 9.17) is 34.8 Å². The fraction of sp³-hybridized carbons (Fsp3) is 0.333. The van der Waals surface area contributed by atoms with E-state index in [1.54, 1.807) is 20.0 Å². The van der Waals surface area contributed by atoms with E-state index >= 15 is 0 Å². The predicted octanol–water partition coefficient (Wildman–Crippen LogP) is 4.12. The number of halogens is 3. The molecule has 0 fully saturated rings. The molecule has 22 heavy (non-hydrogen) atoms. The average molecular weight is 361 g/mol. The van der Waals surface area contributed by atoms with E-state index in [0.29, 0.717) is 5.69 Å². The largest absolute Gasteiger partial charge is 0.360 e. The molecule has 0 unspecified atom stereocenters. The molecule has 2 rings (SSSR count). The van der Waals surface area contributed by atoms with Crippen LogP contribution in [0.25, 0.3) is 10.9 Å². The first-order chi connectivity index (χ1) is 10.3. The summed E-state index contributed by atoms with van der Waals surface area (Å²) in [4.78, 5) is 16.2. The summed E-state index contributed by atoms with van der Waals surface area (Å²) in [6, 6.07) is 9.40. The summed E-state index contributed by atoms with van der Waals surface area (Å²) in [7, 11) is 0. The molecule has 1 aromatic carbocycles. The molecule has 0 saturated carbocycles. The maximum atomic E-state index is 11.9. The SMILES string of the molecule is CC(C)C(=O)N[C@@H](Nc1cccc2cccnc12)C(Cl)(Cl)Cl. The number of hydrogen-bond donors (Lipinski definition) is 2. The molecule has 0 aliphatic carbocycles. The zero-order valence-electron chi connectivity index (χ0n) is 12.1. The van der Waals surface area contributed by atoms with Crippen molar-refractivity contribution >= 4 is 57.3 Å². The highest BCUT2D eigenvalue weighted by Crippen LogP contribution is 2.32. The number of para-hydroxylation sites is 1.